The highest BCUT2D eigenvalue weighted by Crippen LogP contribution is 2.27. The third-order valence-electron chi connectivity index (χ3n) is 5.44. The first-order valence-electron chi connectivity index (χ1n) is 10.3. The molecular formula is C21H25N7O4. The van der Waals surface area contributed by atoms with Crippen molar-refractivity contribution in [2.45, 2.75) is 6.10 Å². The zero-order valence-electron chi connectivity index (χ0n) is 17.4. The summed E-state index contributed by atoms with van der Waals surface area (Å²) >= 11 is 0. The molecule has 0 radical (unpaired) electrons. The van der Waals surface area contributed by atoms with Gasteiger partial charge in [0.15, 0.2) is 6.10 Å². The topological polar surface area (TPSA) is 143 Å². The van der Waals surface area contributed by atoms with Crippen molar-refractivity contribution in [1.82, 2.24) is 25.7 Å². The molecule has 1 fully saturated rings. The lowest BCUT2D eigenvalue weighted by Crippen LogP contribution is -2.55. The molecule has 0 bridgehead atoms. The van der Waals surface area contributed by atoms with Gasteiger partial charge in [-0.25, -0.2) is 15.4 Å². The predicted molar refractivity (Wildman–Crippen MR) is 116 cm³/mol. The number of piperazine rings is 1. The van der Waals surface area contributed by atoms with Crippen LogP contribution in [0.2, 0.25) is 0 Å². The van der Waals surface area contributed by atoms with Gasteiger partial charge in [0.2, 0.25) is 11.7 Å². The molecule has 1 aliphatic heterocycles. The number of carbonyl (C=O) groups excluding carboxylic acids is 2. The van der Waals surface area contributed by atoms with Gasteiger partial charge in [0.05, 0.1) is 11.3 Å². The molecule has 1 amide bonds. The van der Waals surface area contributed by atoms with Crippen LogP contribution in [0.3, 0.4) is 0 Å². The molecule has 0 spiro atoms. The van der Waals surface area contributed by atoms with E-state index in [4.69, 9.17) is 5.21 Å². The molecule has 168 valence electrons. The van der Waals surface area contributed by atoms with Gasteiger partial charge < -0.3 is 25.5 Å². The second-order valence-electron chi connectivity index (χ2n) is 7.43. The van der Waals surface area contributed by atoms with E-state index in [2.05, 4.69) is 20.6 Å². The highest BCUT2D eigenvalue weighted by atomic mass is 16.5. The van der Waals surface area contributed by atoms with Crippen molar-refractivity contribution >= 4 is 23.3 Å². The molecule has 1 aliphatic carbocycles. The van der Waals surface area contributed by atoms with Crippen LogP contribution in [0.5, 0.6) is 0 Å². The predicted octanol–water partition coefficient (Wildman–Crippen LogP) is -0.425. The van der Waals surface area contributed by atoms with Gasteiger partial charge in [0.25, 0.3) is 5.91 Å². The number of carbonyl (C=O) groups is 2. The molecule has 5 N–H and O–H groups in total. The Morgan fingerprint density at radius 1 is 1.00 bits per heavy atom. The minimum atomic E-state index is -1.10. The van der Waals surface area contributed by atoms with Crippen LogP contribution in [-0.4, -0.2) is 82.2 Å². The average molecular weight is 439 g/mol. The molecule has 32 heavy (non-hydrogen) atoms. The summed E-state index contributed by atoms with van der Waals surface area (Å²) in [6.07, 6.45) is 1.60. The van der Waals surface area contributed by atoms with Gasteiger partial charge in [-0.15, -0.1) is 0 Å². The van der Waals surface area contributed by atoms with Gasteiger partial charge >= 0.3 is 0 Å². The number of ketones is 1. The number of aliphatic hydroxyl groups is 1. The monoisotopic (exact) mass is 439 g/mol. The van der Waals surface area contributed by atoms with E-state index in [1.54, 1.807) is 5.48 Å². The van der Waals surface area contributed by atoms with Crippen LogP contribution in [0.15, 0.2) is 54.1 Å². The summed E-state index contributed by atoms with van der Waals surface area (Å²) in [5, 5.41) is 25.3. The van der Waals surface area contributed by atoms with Gasteiger partial charge in [0.1, 0.15) is 5.70 Å². The number of benzene rings is 1. The molecule has 1 atom stereocenters. The summed E-state index contributed by atoms with van der Waals surface area (Å²) in [5.74, 6) is -0.483. The zero-order valence-corrected chi connectivity index (χ0v) is 17.4. The number of hydrogen-bond acceptors (Lipinski definition) is 10. The van der Waals surface area contributed by atoms with Crippen molar-refractivity contribution in [2.24, 2.45) is 0 Å². The first-order chi connectivity index (χ1) is 15.6. The molecule has 1 unspecified atom stereocenters. The van der Waals surface area contributed by atoms with E-state index in [1.807, 2.05) is 40.1 Å². The van der Waals surface area contributed by atoms with Crippen LogP contribution < -0.4 is 21.0 Å². The van der Waals surface area contributed by atoms with E-state index in [-0.39, 0.29) is 11.3 Å². The fraction of sp³-hybridized carbons (Fsp3) is 0.333. The molecule has 1 aromatic carbocycles. The third kappa shape index (κ3) is 4.48. The Bertz CT molecular complexity index is 989. The molecule has 2 aromatic rings. The van der Waals surface area contributed by atoms with Gasteiger partial charge in [0, 0.05) is 57.3 Å². The van der Waals surface area contributed by atoms with Gasteiger partial charge in [-0.1, -0.05) is 18.2 Å². The lowest BCUT2D eigenvalue weighted by atomic mass is 9.93. The number of Topliss-reactive ketones (excluding diaryl/α,β-unsaturated/α-hetero) is 1. The van der Waals surface area contributed by atoms with Crippen molar-refractivity contribution in [3.63, 3.8) is 0 Å². The van der Waals surface area contributed by atoms with Gasteiger partial charge in [-0.3, -0.25) is 14.8 Å². The minimum Gasteiger partial charge on any atom is -0.383 e. The molecule has 1 saturated heterocycles. The van der Waals surface area contributed by atoms with Crippen molar-refractivity contribution in [3.8, 4) is 0 Å². The average Bonchev–Trinajstić information content (AvgIpc) is 2.86. The normalized spacial score (nSPS) is 18.3. The molecule has 2 heterocycles. The van der Waals surface area contributed by atoms with Crippen LogP contribution >= 0.6 is 0 Å². The van der Waals surface area contributed by atoms with E-state index in [0.29, 0.717) is 56.6 Å². The highest BCUT2D eigenvalue weighted by molar-refractivity contribution is 6.07. The molecule has 4 rings (SSSR count). The first-order valence-corrected chi connectivity index (χ1v) is 10.3. The van der Waals surface area contributed by atoms with Crippen LogP contribution in [0, 0.1) is 0 Å². The smallest absolute Gasteiger partial charge is 0.277 e. The van der Waals surface area contributed by atoms with Crippen molar-refractivity contribution in [2.75, 3.05) is 49.5 Å². The molecule has 11 nitrogen and oxygen atoms in total. The van der Waals surface area contributed by atoms with Crippen LogP contribution in [0.1, 0.15) is 10.4 Å². The summed E-state index contributed by atoms with van der Waals surface area (Å²) in [6, 6.07) is 9.80. The lowest BCUT2D eigenvalue weighted by molar-refractivity contribution is -0.126. The highest BCUT2D eigenvalue weighted by Gasteiger charge is 2.41. The Morgan fingerprint density at radius 3 is 2.28 bits per heavy atom. The number of anilines is 2. The van der Waals surface area contributed by atoms with E-state index in [0.717, 1.165) is 5.69 Å². The number of hydroxylamine groups is 1. The second kappa shape index (κ2) is 9.62. The Kier molecular flexibility index (Phi) is 6.47. The Morgan fingerprint density at radius 2 is 1.62 bits per heavy atom. The number of aliphatic hydroxyl groups excluding tert-OH is 1. The number of aromatic nitrogens is 2. The van der Waals surface area contributed by atoms with E-state index < -0.39 is 12.0 Å². The number of amides is 1. The maximum absolute atomic E-state index is 12.2. The maximum atomic E-state index is 12.2. The van der Waals surface area contributed by atoms with Crippen molar-refractivity contribution in [1.29, 1.82) is 0 Å². The Balaban J connectivity index is 1.31. The zero-order chi connectivity index (χ0) is 22.5. The summed E-state index contributed by atoms with van der Waals surface area (Å²) in [7, 11) is 0. The van der Waals surface area contributed by atoms with Crippen molar-refractivity contribution < 1.29 is 19.9 Å². The fourth-order valence-electron chi connectivity index (χ4n) is 3.72. The van der Waals surface area contributed by atoms with Gasteiger partial charge in [-0.2, -0.15) is 0 Å². The van der Waals surface area contributed by atoms with Crippen LogP contribution in [0.4, 0.5) is 11.6 Å². The summed E-state index contributed by atoms with van der Waals surface area (Å²) < 4.78 is 0. The van der Waals surface area contributed by atoms with E-state index in [9.17, 15) is 14.7 Å². The molecular weight excluding hydrogens is 414 g/mol. The largest absolute Gasteiger partial charge is 0.383 e. The lowest BCUT2D eigenvalue weighted by Gasteiger charge is -2.42. The van der Waals surface area contributed by atoms with Crippen molar-refractivity contribution in [3.05, 3.63) is 59.7 Å². The van der Waals surface area contributed by atoms with Crippen LogP contribution in [-0.2, 0) is 4.79 Å². The molecule has 1 aromatic heterocycles. The summed E-state index contributed by atoms with van der Waals surface area (Å²) in [6.45, 7) is 3.57. The SMILES string of the molecule is O=C(NO)c1cnc(N2CCN(C3=C(NCCNc4ccccc4)C(=O)C3O)CC2)nc1. The molecule has 2 aliphatic rings. The van der Waals surface area contributed by atoms with E-state index in [1.165, 1.54) is 12.4 Å². The summed E-state index contributed by atoms with van der Waals surface area (Å²) in [4.78, 5) is 35.9. The summed E-state index contributed by atoms with van der Waals surface area (Å²) in [5.41, 5.74) is 3.81. The van der Waals surface area contributed by atoms with E-state index >= 15 is 0 Å². The number of hydrogen-bond donors (Lipinski definition) is 5. The first kappa shape index (κ1) is 21.5. The number of rotatable bonds is 8. The molecule has 0 saturated carbocycles. The fourth-order valence-corrected chi connectivity index (χ4v) is 3.72. The quantitative estimate of drug-likeness (QED) is 0.209. The van der Waals surface area contributed by atoms with Gasteiger partial charge in [-0.05, 0) is 12.1 Å². The number of para-hydroxylation sites is 1. The maximum Gasteiger partial charge on any atom is 0.277 e. The minimum absolute atomic E-state index is 0.161. The molecule has 11 heteroatoms. The van der Waals surface area contributed by atoms with Crippen LogP contribution in [0.25, 0.3) is 0 Å². The Hall–Kier alpha value is -3.70. The number of nitrogens with one attached hydrogen (secondary N) is 3. The second-order valence-corrected chi connectivity index (χ2v) is 7.43. The Labute approximate surface area is 184 Å². The third-order valence-corrected chi connectivity index (χ3v) is 5.44. The standard InChI is InChI=1S/C21H25N7O4/c29-18-16(23-7-6-22-15-4-2-1-3-5-15)17(19(18)30)27-8-10-28(11-9-27)21-24-12-14(13-25-21)20(31)26-32/h1-5,12-13,19,22-23,30,32H,6-11H2,(H,26,31). The number of nitrogens with zero attached hydrogens (tertiary/aromatic N) is 4.